The van der Waals surface area contributed by atoms with Crippen LogP contribution in [0.2, 0.25) is 0 Å². The van der Waals surface area contributed by atoms with Crippen LogP contribution in [0.25, 0.3) is 10.9 Å². The van der Waals surface area contributed by atoms with Crippen molar-refractivity contribution < 1.29 is 4.79 Å². The first kappa shape index (κ1) is 21.8. The average Bonchev–Trinajstić information content (AvgIpc) is 3.53. The number of hydrogen-bond donors (Lipinski definition) is 1. The fourth-order valence-corrected chi connectivity index (χ4v) is 5.84. The predicted molar refractivity (Wildman–Crippen MR) is 138 cm³/mol. The number of aromatic amines is 1. The Kier molecular flexibility index (Phi) is 6.23. The van der Waals surface area contributed by atoms with Crippen molar-refractivity contribution in [3.05, 3.63) is 87.7 Å². The molecular formula is C28H31N3OS. The summed E-state index contributed by atoms with van der Waals surface area (Å²) in [4.78, 5) is 21.4. The smallest absolute Gasteiger partial charge is 0.223 e. The molecule has 170 valence electrons. The number of thiophene rings is 1. The number of fused-ring (bicyclic) bond motifs is 1. The maximum atomic E-state index is 13.5. The summed E-state index contributed by atoms with van der Waals surface area (Å²) in [5, 5.41) is 5.54. The van der Waals surface area contributed by atoms with E-state index in [2.05, 4.69) is 94.1 Å². The van der Waals surface area contributed by atoms with Crippen LogP contribution in [0.1, 0.15) is 41.5 Å². The SMILES string of the molecule is CCc1cccc2c(C(CC(=O)N3CCN(c4ccccc4C)CC3)c3ccsc3)c[nH]c12. The molecule has 1 N–H and O–H groups in total. The zero-order chi connectivity index (χ0) is 22.8. The van der Waals surface area contributed by atoms with E-state index in [1.54, 1.807) is 11.3 Å². The van der Waals surface area contributed by atoms with Crippen molar-refractivity contribution in [2.75, 3.05) is 31.1 Å². The van der Waals surface area contributed by atoms with Gasteiger partial charge in [-0.25, -0.2) is 0 Å². The number of para-hydroxylation sites is 2. The Labute approximate surface area is 199 Å². The highest BCUT2D eigenvalue weighted by atomic mass is 32.1. The third-order valence-electron chi connectivity index (χ3n) is 7.00. The molecule has 1 aliphatic heterocycles. The van der Waals surface area contributed by atoms with Crippen LogP contribution in [0, 0.1) is 6.92 Å². The topological polar surface area (TPSA) is 39.3 Å². The van der Waals surface area contributed by atoms with E-state index in [1.165, 1.54) is 38.8 Å². The summed E-state index contributed by atoms with van der Waals surface area (Å²) >= 11 is 1.70. The van der Waals surface area contributed by atoms with E-state index in [4.69, 9.17) is 0 Å². The summed E-state index contributed by atoms with van der Waals surface area (Å²) in [5.41, 5.74) is 7.56. The van der Waals surface area contributed by atoms with Gasteiger partial charge in [0.1, 0.15) is 0 Å². The van der Waals surface area contributed by atoms with Gasteiger partial charge in [0, 0.05) is 61.3 Å². The molecule has 0 spiro atoms. The second kappa shape index (κ2) is 9.44. The van der Waals surface area contributed by atoms with E-state index < -0.39 is 0 Å². The monoisotopic (exact) mass is 457 g/mol. The van der Waals surface area contributed by atoms with Gasteiger partial charge in [0.05, 0.1) is 0 Å². The van der Waals surface area contributed by atoms with E-state index in [0.717, 1.165) is 32.6 Å². The van der Waals surface area contributed by atoms with Crippen molar-refractivity contribution >= 4 is 33.8 Å². The molecular weight excluding hydrogens is 426 g/mol. The number of aryl methyl sites for hydroxylation is 2. The number of carbonyl (C=O) groups is 1. The van der Waals surface area contributed by atoms with Crippen molar-refractivity contribution in [3.8, 4) is 0 Å². The normalized spacial score (nSPS) is 15.2. The Morgan fingerprint density at radius 2 is 1.88 bits per heavy atom. The molecule has 1 amide bonds. The van der Waals surface area contributed by atoms with E-state index >= 15 is 0 Å². The molecule has 0 saturated carbocycles. The van der Waals surface area contributed by atoms with Gasteiger partial charge in [0.15, 0.2) is 0 Å². The number of piperazine rings is 1. The maximum Gasteiger partial charge on any atom is 0.223 e. The van der Waals surface area contributed by atoms with E-state index in [-0.39, 0.29) is 11.8 Å². The van der Waals surface area contributed by atoms with Gasteiger partial charge in [-0.05, 0) is 58.5 Å². The van der Waals surface area contributed by atoms with Crippen LogP contribution in [0.5, 0.6) is 0 Å². The highest BCUT2D eigenvalue weighted by molar-refractivity contribution is 7.08. The highest BCUT2D eigenvalue weighted by Gasteiger charge is 2.27. The quantitative estimate of drug-likeness (QED) is 0.387. The van der Waals surface area contributed by atoms with Gasteiger partial charge in [-0.3, -0.25) is 4.79 Å². The number of hydrogen-bond acceptors (Lipinski definition) is 3. The Balaban J connectivity index is 1.35. The van der Waals surface area contributed by atoms with Crippen molar-refractivity contribution in [1.82, 2.24) is 9.88 Å². The number of anilines is 1. The van der Waals surface area contributed by atoms with Crippen molar-refractivity contribution in [2.45, 2.75) is 32.6 Å². The van der Waals surface area contributed by atoms with Gasteiger partial charge >= 0.3 is 0 Å². The summed E-state index contributed by atoms with van der Waals surface area (Å²) in [6.45, 7) is 7.66. The lowest BCUT2D eigenvalue weighted by atomic mass is 9.89. The molecule has 0 aliphatic carbocycles. The van der Waals surface area contributed by atoms with Gasteiger partial charge in [0.25, 0.3) is 0 Å². The molecule has 1 atom stereocenters. The van der Waals surface area contributed by atoms with Gasteiger partial charge < -0.3 is 14.8 Å². The first-order valence-electron chi connectivity index (χ1n) is 11.8. The van der Waals surface area contributed by atoms with Gasteiger partial charge in [-0.15, -0.1) is 0 Å². The molecule has 3 heterocycles. The summed E-state index contributed by atoms with van der Waals surface area (Å²) in [6.07, 6.45) is 3.62. The summed E-state index contributed by atoms with van der Waals surface area (Å²) < 4.78 is 0. The first-order chi connectivity index (χ1) is 16.2. The number of carbonyl (C=O) groups excluding carboxylic acids is 1. The number of nitrogens with zero attached hydrogens (tertiary/aromatic N) is 2. The Morgan fingerprint density at radius 3 is 2.61 bits per heavy atom. The van der Waals surface area contributed by atoms with Gasteiger partial charge in [-0.1, -0.05) is 43.3 Å². The molecule has 2 aromatic carbocycles. The molecule has 1 saturated heterocycles. The molecule has 1 aliphatic rings. The number of amides is 1. The average molecular weight is 458 g/mol. The second-order valence-corrected chi connectivity index (χ2v) is 9.69. The summed E-state index contributed by atoms with van der Waals surface area (Å²) in [5.74, 6) is 0.315. The molecule has 1 unspecified atom stereocenters. The van der Waals surface area contributed by atoms with E-state index in [0.29, 0.717) is 6.42 Å². The standard InChI is InChI=1S/C28H31N3OS/c1-3-21-8-6-9-23-25(18-29-28(21)23)24(22-11-16-33-19-22)17-27(32)31-14-12-30(13-15-31)26-10-5-4-7-20(26)2/h4-11,16,18-19,24,29H,3,12-15,17H2,1-2H3. The largest absolute Gasteiger partial charge is 0.368 e. The molecule has 4 aromatic rings. The lowest BCUT2D eigenvalue weighted by Gasteiger charge is -2.37. The van der Waals surface area contributed by atoms with Gasteiger partial charge in [-0.2, -0.15) is 11.3 Å². The van der Waals surface area contributed by atoms with Crippen LogP contribution in [0.4, 0.5) is 5.69 Å². The number of nitrogens with one attached hydrogen (secondary N) is 1. The zero-order valence-corrected chi connectivity index (χ0v) is 20.2. The third-order valence-corrected chi connectivity index (χ3v) is 7.70. The zero-order valence-electron chi connectivity index (χ0n) is 19.4. The van der Waals surface area contributed by atoms with Crippen LogP contribution in [-0.2, 0) is 11.2 Å². The molecule has 33 heavy (non-hydrogen) atoms. The number of rotatable bonds is 6. The van der Waals surface area contributed by atoms with Crippen molar-refractivity contribution in [1.29, 1.82) is 0 Å². The Bertz CT molecular complexity index is 1240. The second-order valence-electron chi connectivity index (χ2n) is 8.90. The number of aromatic nitrogens is 1. The van der Waals surface area contributed by atoms with Crippen LogP contribution < -0.4 is 4.90 Å². The van der Waals surface area contributed by atoms with E-state index in [1.807, 2.05) is 0 Å². The summed E-state index contributed by atoms with van der Waals surface area (Å²) in [7, 11) is 0. The first-order valence-corrected chi connectivity index (χ1v) is 12.8. The minimum absolute atomic E-state index is 0.0685. The molecule has 4 nitrogen and oxygen atoms in total. The highest BCUT2D eigenvalue weighted by Crippen LogP contribution is 2.36. The Morgan fingerprint density at radius 1 is 1.06 bits per heavy atom. The van der Waals surface area contributed by atoms with Crippen molar-refractivity contribution in [2.24, 2.45) is 0 Å². The van der Waals surface area contributed by atoms with Crippen LogP contribution >= 0.6 is 11.3 Å². The molecule has 0 bridgehead atoms. The predicted octanol–water partition coefficient (Wildman–Crippen LogP) is 5.97. The molecule has 5 heteroatoms. The molecule has 2 aromatic heterocycles. The third kappa shape index (κ3) is 4.30. The molecule has 1 fully saturated rings. The maximum absolute atomic E-state index is 13.5. The molecule has 0 radical (unpaired) electrons. The minimum Gasteiger partial charge on any atom is -0.368 e. The van der Waals surface area contributed by atoms with Crippen LogP contribution in [0.3, 0.4) is 0 Å². The fraction of sp³-hybridized carbons (Fsp3) is 0.321. The fourth-order valence-electron chi connectivity index (χ4n) is 5.12. The minimum atomic E-state index is 0.0685. The lowest BCUT2D eigenvalue weighted by Crippen LogP contribution is -2.49. The van der Waals surface area contributed by atoms with Crippen LogP contribution in [-0.4, -0.2) is 42.0 Å². The number of benzene rings is 2. The summed E-state index contributed by atoms with van der Waals surface area (Å²) in [6, 6.07) is 17.2. The molecule has 5 rings (SSSR count). The van der Waals surface area contributed by atoms with E-state index in [9.17, 15) is 4.79 Å². The van der Waals surface area contributed by atoms with Gasteiger partial charge in [0.2, 0.25) is 5.91 Å². The lowest BCUT2D eigenvalue weighted by molar-refractivity contribution is -0.131. The van der Waals surface area contributed by atoms with Crippen molar-refractivity contribution in [3.63, 3.8) is 0 Å². The van der Waals surface area contributed by atoms with Crippen LogP contribution in [0.15, 0.2) is 65.5 Å². The number of H-pyrrole nitrogens is 1. The Hall–Kier alpha value is -3.05.